The topological polar surface area (TPSA) is 131 Å². The molecule has 0 saturated carbocycles. The summed E-state index contributed by atoms with van der Waals surface area (Å²) in [6.07, 6.45) is 1.90. The van der Waals surface area contributed by atoms with Crippen LogP contribution in [-0.4, -0.2) is 42.4 Å². The molecule has 2 N–H and O–H groups in total. The number of nitrogens with zero attached hydrogens (tertiary/aromatic N) is 2. The molecule has 0 radical (unpaired) electrons. The lowest BCUT2D eigenvalue weighted by molar-refractivity contribution is -0.384. The Morgan fingerprint density at radius 1 is 0.889 bits per heavy atom. The Morgan fingerprint density at radius 3 is 2.31 bits per heavy atom. The molecule has 1 saturated heterocycles. The summed E-state index contributed by atoms with van der Waals surface area (Å²) in [5.41, 5.74) is 1.40. The minimum atomic E-state index is -0.842. The largest absolute Gasteiger partial charge is 0.452 e. The number of rotatable bonds is 8. The molecule has 1 aliphatic rings. The van der Waals surface area contributed by atoms with Crippen LogP contribution in [0.5, 0.6) is 0 Å². The first-order valence-electron chi connectivity index (χ1n) is 11.4. The predicted molar refractivity (Wildman–Crippen MR) is 134 cm³/mol. The van der Waals surface area contributed by atoms with Crippen LogP contribution >= 0.6 is 0 Å². The van der Waals surface area contributed by atoms with Crippen LogP contribution in [0.1, 0.15) is 33.6 Å². The summed E-state index contributed by atoms with van der Waals surface area (Å²) < 4.78 is 5.19. The van der Waals surface area contributed by atoms with Gasteiger partial charge in [0.05, 0.1) is 27.4 Å². The van der Waals surface area contributed by atoms with E-state index in [1.54, 1.807) is 48.5 Å². The van der Waals surface area contributed by atoms with E-state index in [-0.39, 0.29) is 22.5 Å². The van der Waals surface area contributed by atoms with E-state index in [0.717, 1.165) is 32.0 Å². The van der Waals surface area contributed by atoms with Gasteiger partial charge in [-0.15, -0.1) is 0 Å². The van der Waals surface area contributed by atoms with Crippen LogP contribution in [0.2, 0.25) is 0 Å². The molecule has 1 aliphatic heterocycles. The van der Waals surface area contributed by atoms with E-state index in [9.17, 15) is 24.5 Å². The van der Waals surface area contributed by atoms with Gasteiger partial charge in [-0.25, -0.2) is 4.79 Å². The van der Waals surface area contributed by atoms with Gasteiger partial charge < -0.3 is 20.3 Å². The van der Waals surface area contributed by atoms with Crippen molar-refractivity contribution in [2.75, 3.05) is 35.2 Å². The third-order valence-electron chi connectivity index (χ3n) is 5.67. The Morgan fingerprint density at radius 2 is 1.58 bits per heavy atom. The smallest absolute Gasteiger partial charge is 0.341 e. The maximum absolute atomic E-state index is 12.8. The van der Waals surface area contributed by atoms with E-state index in [0.29, 0.717) is 11.4 Å². The van der Waals surface area contributed by atoms with Gasteiger partial charge in [-0.1, -0.05) is 30.3 Å². The van der Waals surface area contributed by atoms with Crippen molar-refractivity contribution in [1.29, 1.82) is 0 Å². The predicted octanol–water partition coefficient (Wildman–Crippen LogP) is 4.24. The number of non-ortho nitro benzene ring substituents is 1. The highest BCUT2D eigenvalue weighted by molar-refractivity contribution is 6.10. The molecular formula is C26H24N4O6. The molecule has 0 aliphatic carbocycles. The molecule has 2 amide bonds. The Balaban J connectivity index is 1.43. The maximum atomic E-state index is 12.8. The first kappa shape index (κ1) is 24.4. The number of para-hydroxylation sites is 2. The number of anilines is 3. The number of nitro benzene ring substituents is 1. The number of esters is 1. The second kappa shape index (κ2) is 11.1. The summed E-state index contributed by atoms with van der Waals surface area (Å²) in [5.74, 6) is -1.91. The quantitative estimate of drug-likeness (QED) is 0.275. The average Bonchev–Trinajstić information content (AvgIpc) is 3.42. The van der Waals surface area contributed by atoms with Gasteiger partial charge >= 0.3 is 5.97 Å². The van der Waals surface area contributed by atoms with E-state index in [1.807, 2.05) is 11.0 Å². The number of ether oxygens (including phenoxy) is 1. The number of carbonyl (C=O) groups excluding carboxylic acids is 3. The zero-order valence-electron chi connectivity index (χ0n) is 19.3. The molecule has 184 valence electrons. The Labute approximate surface area is 207 Å². The van der Waals surface area contributed by atoms with Crippen LogP contribution in [0.4, 0.5) is 22.7 Å². The molecule has 10 heteroatoms. The van der Waals surface area contributed by atoms with Gasteiger partial charge in [0.1, 0.15) is 0 Å². The van der Waals surface area contributed by atoms with Crippen molar-refractivity contribution in [2.45, 2.75) is 12.8 Å². The fraction of sp³-hybridized carbons (Fsp3) is 0.192. The maximum Gasteiger partial charge on any atom is 0.341 e. The lowest BCUT2D eigenvalue weighted by Crippen LogP contribution is -2.25. The lowest BCUT2D eigenvalue weighted by atomic mass is 10.1. The minimum absolute atomic E-state index is 0.0292. The van der Waals surface area contributed by atoms with Gasteiger partial charge in [-0.05, 0) is 43.2 Å². The van der Waals surface area contributed by atoms with E-state index in [1.165, 1.54) is 12.1 Å². The van der Waals surface area contributed by atoms with E-state index >= 15 is 0 Å². The van der Waals surface area contributed by atoms with Crippen molar-refractivity contribution >= 4 is 40.5 Å². The van der Waals surface area contributed by atoms with Crippen LogP contribution in [0, 0.1) is 10.1 Å². The van der Waals surface area contributed by atoms with Crippen LogP contribution in [-0.2, 0) is 9.53 Å². The first-order chi connectivity index (χ1) is 17.4. The number of nitrogens with one attached hydrogen (secondary N) is 2. The normalized spacial score (nSPS) is 12.6. The van der Waals surface area contributed by atoms with Gasteiger partial charge in [0.15, 0.2) is 6.61 Å². The van der Waals surface area contributed by atoms with Crippen molar-refractivity contribution < 1.29 is 24.0 Å². The molecule has 4 rings (SSSR count). The Hall–Kier alpha value is -4.73. The third kappa shape index (κ3) is 5.84. The first-order valence-corrected chi connectivity index (χ1v) is 11.4. The van der Waals surface area contributed by atoms with Crippen molar-refractivity contribution in [3.8, 4) is 0 Å². The number of amides is 2. The van der Waals surface area contributed by atoms with Gasteiger partial charge in [0, 0.05) is 30.9 Å². The highest BCUT2D eigenvalue weighted by atomic mass is 16.6. The van der Waals surface area contributed by atoms with E-state index in [4.69, 9.17) is 4.74 Å². The van der Waals surface area contributed by atoms with Crippen LogP contribution in [0.25, 0.3) is 0 Å². The van der Waals surface area contributed by atoms with Gasteiger partial charge in [-0.2, -0.15) is 0 Å². The van der Waals surface area contributed by atoms with Crippen molar-refractivity contribution in [1.82, 2.24) is 0 Å². The molecule has 0 unspecified atom stereocenters. The number of carbonyl (C=O) groups is 3. The summed E-state index contributed by atoms with van der Waals surface area (Å²) in [5, 5.41) is 16.6. The molecule has 3 aromatic carbocycles. The number of hydrogen-bond acceptors (Lipinski definition) is 7. The van der Waals surface area contributed by atoms with E-state index in [2.05, 4.69) is 10.6 Å². The fourth-order valence-electron chi connectivity index (χ4n) is 3.94. The van der Waals surface area contributed by atoms with Gasteiger partial charge in [0.25, 0.3) is 17.5 Å². The fourth-order valence-corrected chi connectivity index (χ4v) is 3.94. The van der Waals surface area contributed by atoms with Crippen molar-refractivity contribution in [3.63, 3.8) is 0 Å². The van der Waals surface area contributed by atoms with Crippen LogP contribution < -0.4 is 15.5 Å². The summed E-state index contributed by atoms with van der Waals surface area (Å²) >= 11 is 0. The minimum Gasteiger partial charge on any atom is -0.452 e. The standard InChI is InChI=1S/C26H24N4O6/c31-24(28-22-11-5-4-10-20(22)25(32)27-18-8-2-1-3-9-18)17-36-26(33)21-16-19(30(34)35)12-13-23(21)29-14-6-7-15-29/h1-5,8-13,16H,6-7,14-15,17H2,(H,27,32)(H,28,31). The molecule has 1 fully saturated rings. The second-order valence-electron chi connectivity index (χ2n) is 8.14. The summed E-state index contributed by atoms with van der Waals surface area (Å²) in [6.45, 7) is 0.816. The SMILES string of the molecule is O=C(COC(=O)c1cc([N+](=O)[O-])ccc1N1CCCC1)Nc1ccccc1C(=O)Nc1ccccc1. The second-order valence-corrected chi connectivity index (χ2v) is 8.14. The summed E-state index contributed by atoms with van der Waals surface area (Å²) in [6, 6.07) is 19.4. The van der Waals surface area contributed by atoms with Gasteiger partial charge in [0.2, 0.25) is 0 Å². The Kier molecular flexibility index (Phi) is 7.54. The van der Waals surface area contributed by atoms with Gasteiger partial charge in [-0.3, -0.25) is 19.7 Å². The molecule has 10 nitrogen and oxygen atoms in total. The lowest BCUT2D eigenvalue weighted by Gasteiger charge is -2.20. The molecular weight excluding hydrogens is 464 g/mol. The Bertz CT molecular complexity index is 1290. The molecule has 0 bridgehead atoms. The van der Waals surface area contributed by atoms with Crippen LogP contribution in [0.15, 0.2) is 72.8 Å². The average molecular weight is 489 g/mol. The molecule has 0 aromatic heterocycles. The molecule has 0 spiro atoms. The molecule has 1 heterocycles. The third-order valence-corrected chi connectivity index (χ3v) is 5.67. The summed E-state index contributed by atoms with van der Waals surface area (Å²) in [4.78, 5) is 50.7. The number of hydrogen-bond donors (Lipinski definition) is 2. The molecule has 0 atom stereocenters. The van der Waals surface area contributed by atoms with Crippen molar-refractivity contribution in [2.24, 2.45) is 0 Å². The number of nitro groups is 1. The van der Waals surface area contributed by atoms with Crippen molar-refractivity contribution in [3.05, 3.63) is 94.0 Å². The van der Waals surface area contributed by atoms with Crippen LogP contribution in [0.3, 0.4) is 0 Å². The van der Waals surface area contributed by atoms with E-state index < -0.39 is 29.3 Å². The highest BCUT2D eigenvalue weighted by Crippen LogP contribution is 2.29. The number of benzene rings is 3. The zero-order chi connectivity index (χ0) is 25.5. The molecule has 36 heavy (non-hydrogen) atoms. The zero-order valence-corrected chi connectivity index (χ0v) is 19.3. The highest BCUT2D eigenvalue weighted by Gasteiger charge is 2.24. The molecule has 3 aromatic rings. The summed E-state index contributed by atoms with van der Waals surface area (Å²) in [7, 11) is 0. The monoisotopic (exact) mass is 488 g/mol.